The molecular formula is C21H27N5O2. The van der Waals surface area contributed by atoms with Gasteiger partial charge in [-0.05, 0) is 31.6 Å². The molecule has 1 saturated heterocycles. The maximum atomic E-state index is 12.6. The van der Waals surface area contributed by atoms with E-state index in [-0.39, 0.29) is 12.5 Å². The number of anilines is 1. The summed E-state index contributed by atoms with van der Waals surface area (Å²) in [6.07, 6.45) is 8.84. The fourth-order valence-corrected chi connectivity index (χ4v) is 3.90. The Morgan fingerprint density at radius 2 is 2.00 bits per heavy atom. The van der Waals surface area contributed by atoms with Crippen LogP contribution in [0.5, 0.6) is 0 Å². The van der Waals surface area contributed by atoms with Gasteiger partial charge in [-0.15, -0.1) is 0 Å². The van der Waals surface area contributed by atoms with E-state index in [0.29, 0.717) is 13.1 Å². The molecule has 7 heteroatoms. The summed E-state index contributed by atoms with van der Waals surface area (Å²) in [5.74, 6) is 0.0216. The van der Waals surface area contributed by atoms with Gasteiger partial charge < -0.3 is 14.9 Å². The molecule has 1 aliphatic carbocycles. The molecule has 2 aromatic rings. The zero-order chi connectivity index (χ0) is 19.9. The lowest BCUT2D eigenvalue weighted by Gasteiger charge is -2.39. The summed E-state index contributed by atoms with van der Waals surface area (Å²) in [5, 5.41) is 13.8. The monoisotopic (exact) mass is 381 g/mol. The Morgan fingerprint density at radius 1 is 1.25 bits per heavy atom. The SMILES string of the molecule is Cn1cc(C2=Cc3c(N4CCN(C(=O)C(C)(C)CO)CC4)ccnc3C2)cn1. The minimum Gasteiger partial charge on any atom is -0.395 e. The molecule has 148 valence electrons. The van der Waals surface area contributed by atoms with Gasteiger partial charge in [0.2, 0.25) is 5.91 Å². The normalized spacial score (nSPS) is 16.9. The van der Waals surface area contributed by atoms with E-state index < -0.39 is 5.41 Å². The lowest BCUT2D eigenvalue weighted by molar-refractivity contribution is -0.142. The summed E-state index contributed by atoms with van der Waals surface area (Å²) in [6.45, 7) is 6.34. The number of hydrogen-bond donors (Lipinski definition) is 1. The molecule has 1 fully saturated rings. The van der Waals surface area contributed by atoms with Crippen molar-refractivity contribution in [3.05, 3.63) is 41.5 Å². The Balaban J connectivity index is 1.51. The Bertz CT molecular complexity index is 923. The molecule has 1 amide bonds. The van der Waals surface area contributed by atoms with Crippen molar-refractivity contribution in [1.29, 1.82) is 0 Å². The Hall–Kier alpha value is -2.67. The minimum atomic E-state index is -0.721. The van der Waals surface area contributed by atoms with Crippen LogP contribution in [0.15, 0.2) is 24.7 Å². The second-order valence-electron chi connectivity index (χ2n) is 8.26. The number of amides is 1. The molecule has 2 aromatic heterocycles. The highest BCUT2D eigenvalue weighted by atomic mass is 16.3. The highest BCUT2D eigenvalue weighted by molar-refractivity contribution is 5.91. The van der Waals surface area contributed by atoms with E-state index in [4.69, 9.17) is 0 Å². The molecule has 0 bridgehead atoms. The lowest BCUT2D eigenvalue weighted by atomic mass is 9.92. The largest absolute Gasteiger partial charge is 0.395 e. The number of carbonyl (C=O) groups is 1. The molecule has 3 heterocycles. The van der Waals surface area contributed by atoms with Gasteiger partial charge in [0.1, 0.15) is 0 Å². The number of aliphatic hydroxyl groups excluding tert-OH is 1. The highest BCUT2D eigenvalue weighted by Gasteiger charge is 2.33. The van der Waals surface area contributed by atoms with Gasteiger partial charge in [0.15, 0.2) is 0 Å². The van der Waals surface area contributed by atoms with Crippen LogP contribution in [0.1, 0.15) is 30.7 Å². The third-order valence-corrected chi connectivity index (χ3v) is 5.68. The average molecular weight is 381 g/mol. The topological polar surface area (TPSA) is 74.5 Å². The molecule has 0 aromatic carbocycles. The first-order valence-corrected chi connectivity index (χ1v) is 9.72. The number of hydrogen-bond acceptors (Lipinski definition) is 5. The molecule has 0 saturated carbocycles. The first kappa shape index (κ1) is 18.7. The smallest absolute Gasteiger partial charge is 0.230 e. The maximum absolute atomic E-state index is 12.6. The number of piperazine rings is 1. The number of carbonyl (C=O) groups excluding carboxylic acids is 1. The van der Waals surface area contributed by atoms with Crippen LogP contribution < -0.4 is 4.90 Å². The van der Waals surface area contributed by atoms with Crippen LogP contribution in [0.25, 0.3) is 11.6 Å². The van der Waals surface area contributed by atoms with Crippen molar-refractivity contribution in [2.24, 2.45) is 12.5 Å². The predicted molar refractivity (Wildman–Crippen MR) is 109 cm³/mol. The van der Waals surface area contributed by atoms with E-state index in [1.54, 1.807) is 13.8 Å². The van der Waals surface area contributed by atoms with Crippen molar-refractivity contribution in [3.63, 3.8) is 0 Å². The quantitative estimate of drug-likeness (QED) is 0.870. The zero-order valence-corrected chi connectivity index (χ0v) is 16.7. The summed E-state index contributed by atoms with van der Waals surface area (Å²) in [6, 6.07) is 2.07. The molecule has 4 rings (SSSR count). The van der Waals surface area contributed by atoms with Crippen molar-refractivity contribution >= 4 is 23.2 Å². The number of nitrogens with zero attached hydrogens (tertiary/aromatic N) is 5. The number of aliphatic hydroxyl groups is 1. The standard InChI is InChI=1S/C21H27N5O2/c1-21(2,14-27)20(28)26-8-6-25(7-9-26)19-4-5-22-18-11-15(10-17(18)19)16-12-23-24(3)13-16/h4-5,10,12-13,27H,6-9,11,14H2,1-3H3. The first-order valence-electron chi connectivity index (χ1n) is 9.72. The molecular weight excluding hydrogens is 354 g/mol. The van der Waals surface area contributed by atoms with Crippen molar-refractivity contribution in [2.45, 2.75) is 20.3 Å². The lowest BCUT2D eigenvalue weighted by Crippen LogP contribution is -2.53. The first-order chi connectivity index (χ1) is 13.4. The van der Waals surface area contributed by atoms with Gasteiger partial charge in [-0.2, -0.15) is 5.10 Å². The fraction of sp³-hybridized carbons (Fsp3) is 0.476. The molecule has 0 radical (unpaired) electrons. The van der Waals surface area contributed by atoms with E-state index in [1.807, 2.05) is 35.2 Å². The molecule has 0 unspecified atom stereocenters. The van der Waals surface area contributed by atoms with E-state index in [1.165, 1.54) is 16.8 Å². The summed E-state index contributed by atoms with van der Waals surface area (Å²) < 4.78 is 1.82. The predicted octanol–water partition coefficient (Wildman–Crippen LogP) is 1.58. The van der Waals surface area contributed by atoms with Crippen LogP contribution in [0.2, 0.25) is 0 Å². The fourth-order valence-electron chi connectivity index (χ4n) is 3.90. The number of rotatable bonds is 4. The van der Waals surface area contributed by atoms with E-state index in [2.05, 4.69) is 27.1 Å². The van der Waals surface area contributed by atoms with Crippen LogP contribution >= 0.6 is 0 Å². The summed E-state index contributed by atoms with van der Waals surface area (Å²) in [5.41, 5.74) is 5.10. The second-order valence-corrected chi connectivity index (χ2v) is 8.26. The highest BCUT2D eigenvalue weighted by Crippen LogP contribution is 2.36. The van der Waals surface area contributed by atoms with Crippen molar-refractivity contribution in [2.75, 3.05) is 37.7 Å². The van der Waals surface area contributed by atoms with Gasteiger partial charge >= 0.3 is 0 Å². The van der Waals surface area contributed by atoms with Crippen LogP contribution in [0.3, 0.4) is 0 Å². The molecule has 1 aliphatic heterocycles. The summed E-state index contributed by atoms with van der Waals surface area (Å²) in [7, 11) is 1.93. The molecule has 1 N–H and O–H groups in total. The van der Waals surface area contributed by atoms with Gasteiger partial charge in [0.05, 0.1) is 23.9 Å². The van der Waals surface area contributed by atoms with Gasteiger partial charge in [0.25, 0.3) is 0 Å². The van der Waals surface area contributed by atoms with Crippen LogP contribution in [-0.2, 0) is 18.3 Å². The Labute approximate surface area is 165 Å². The molecule has 0 spiro atoms. The number of aryl methyl sites for hydroxylation is 1. The third kappa shape index (κ3) is 3.30. The second kappa shape index (κ2) is 7.05. The minimum absolute atomic E-state index is 0.0216. The van der Waals surface area contributed by atoms with Gasteiger partial charge in [-0.25, -0.2) is 0 Å². The zero-order valence-electron chi connectivity index (χ0n) is 16.7. The van der Waals surface area contributed by atoms with Crippen molar-refractivity contribution < 1.29 is 9.90 Å². The van der Waals surface area contributed by atoms with Crippen LogP contribution in [0.4, 0.5) is 5.69 Å². The van der Waals surface area contributed by atoms with E-state index in [0.717, 1.165) is 30.8 Å². The summed E-state index contributed by atoms with van der Waals surface area (Å²) in [4.78, 5) is 21.4. The Morgan fingerprint density at radius 3 is 2.64 bits per heavy atom. The number of aromatic nitrogens is 3. The third-order valence-electron chi connectivity index (χ3n) is 5.68. The number of fused-ring (bicyclic) bond motifs is 1. The molecule has 0 atom stereocenters. The van der Waals surface area contributed by atoms with E-state index in [9.17, 15) is 9.90 Å². The molecule has 28 heavy (non-hydrogen) atoms. The van der Waals surface area contributed by atoms with Crippen molar-refractivity contribution in [1.82, 2.24) is 19.7 Å². The number of pyridine rings is 1. The molecule has 2 aliphatic rings. The van der Waals surface area contributed by atoms with Crippen molar-refractivity contribution in [3.8, 4) is 0 Å². The van der Waals surface area contributed by atoms with Gasteiger partial charge in [-0.1, -0.05) is 0 Å². The van der Waals surface area contributed by atoms with E-state index >= 15 is 0 Å². The van der Waals surface area contributed by atoms with Crippen LogP contribution in [-0.4, -0.2) is 63.5 Å². The Kier molecular flexibility index (Phi) is 4.71. The average Bonchev–Trinajstić information content (AvgIpc) is 3.33. The molecule has 7 nitrogen and oxygen atoms in total. The van der Waals surface area contributed by atoms with Crippen LogP contribution in [0, 0.1) is 5.41 Å². The summed E-state index contributed by atoms with van der Waals surface area (Å²) >= 11 is 0. The van der Waals surface area contributed by atoms with Gasteiger partial charge in [0, 0.05) is 68.9 Å². The maximum Gasteiger partial charge on any atom is 0.230 e. The number of allylic oxidation sites excluding steroid dienone is 1. The van der Waals surface area contributed by atoms with Gasteiger partial charge in [-0.3, -0.25) is 14.5 Å².